The van der Waals surface area contributed by atoms with Crippen LogP contribution in [0.1, 0.15) is 17.2 Å². The van der Waals surface area contributed by atoms with Crippen molar-refractivity contribution in [3.05, 3.63) is 66.0 Å². The Morgan fingerprint density at radius 2 is 2.00 bits per heavy atom. The summed E-state index contributed by atoms with van der Waals surface area (Å²) in [5.74, 6) is 0.609. The summed E-state index contributed by atoms with van der Waals surface area (Å²) in [6, 6.07) is 14.5. The van der Waals surface area contributed by atoms with Crippen LogP contribution in [0.5, 0.6) is 0 Å². The van der Waals surface area contributed by atoms with Crippen LogP contribution in [0.15, 0.2) is 59.9 Å². The second-order valence-electron chi connectivity index (χ2n) is 4.61. The predicted molar refractivity (Wildman–Crippen MR) is 75.5 cm³/mol. The lowest BCUT2D eigenvalue weighted by atomic mass is 10.1. The number of pyridine rings is 1. The molecule has 96 valence electrons. The maximum Gasteiger partial charge on any atom is 0.192 e. The average Bonchev–Trinajstić information content (AvgIpc) is 2.82. The third kappa shape index (κ3) is 2.42. The molecule has 1 aromatic heterocycles. The zero-order chi connectivity index (χ0) is 13.1. The lowest BCUT2D eigenvalue weighted by Crippen LogP contribution is -2.35. The topological polar surface area (TPSA) is 54.5 Å². The van der Waals surface area contributed by atoms with Crippen LogP contribution in [0.4, 0.5) is 0 Å². The average molecular weight is 252 g/mol. The van der Waals surface area contributed by atoms with Gasteiger partial charge in [-0.1, -0.05) is 36.4 Å². The van der Waals surface area contributed by atoms with Gasteiger partial charge < -0.3 is 10.6 Å². The first-order valence-corrected chi connectivity index (χ1v) is 6.35. The zero-order valence-corrected chi connectivity index (χ0v) is 10.6. The van der Waals surface area contributed by atoms with Gasteiger partial charge in [-0.15, -0.1) is 0 Å². The second kappa shape index (κ2) is 5.10. The fourth-order valence-corrected chi connectivity index (χ4v) is 2.36. The van der Waals surface area contributed by atoms with Gasteiger partial charge in [-0.3, -0.25) is 9.98 Å². The highest BCUT2D eigenvalue weighted by molar-refractivity contribution is 5.80. The summed E-state index contributed by atoms with van der Waals surface area (Å²) in [4.78, 5) is 10.7. The van der Waals surface area contributed by atoms with Crippen LogP contribution in [-0.4, -0.2) is 22.4 Å². The number of rotatable bonds is 3. The summed E-state index contributed by atoms with van der Waals surface area (Å²) in [6.07, 6.45) is 3.67. The smallest absolute Gasteiger partial charge is 0.192 e. The Labute approximate surface area is 112 Å². The molecule has 0 radical (unpaired) electrons. The first-order chi connectivity index (χ1) is 9.34. The van der Waals surface area contributed by atoms with Gasteiger partial charge in [0.05, 0.1) is 12.6 Å². The van der Waals surface area contributed by atoms with Crippen LogP contribution < -0.4 is 5.73 Å². The van der Waals surface area contributed by atoms with Crippen LogP contribution in [0.3, 0.4) is 0 Å². The Morgan fingerprint density at radius 3 is 2.74 bits per heavy atom. The van der Waals surface area contributed by atoms with Crippen LogP contribution >= 0.6 is 0 Å². The molecule has 3 rings (SSSR count). The van der Waals surface area contributed by atoms with E-state index < -0.39 is 0 Å². The minimum absolute atomic E-state index is 0.189. The highest BCUT2D eigenvalue weighted by Crippen LogP contribution is 2.26. The van der Waals surface area contributed by atoms with Gasteiger partial charge in [-0.25, -0.2) is 0 Å². The van der Waals surface area contributed by atoms with E-state index in [0.717, 1.165) is 12.1 Å². The normalized spacial score (nSPS) is 18.4. The Balaban J connectivity index is 1.83. The summed E-state index contributed by atoms with van der Waals surface area (Å²) in [5, 5.41) is 0. The number of aliphatic imine (C=N–C) groups is 1. The fourth-order valence-electron chi connectivity index (χ4n) is 2.36. The minimum Gasteiger partial charge on any atom is -0.370 e. The predicted octanol–water partition coefficient (Wildman–Crippen LogP) is 1.95. The molecule has 4 nitrogen and oxygen atoms in total. The van der Waals surface area contributed by atoms with Gasteiger partial charge >= 0.3 is 0 Å². The van der Waals surface area contributed by atoms with Crippen molar-refractivity contribution in [3.8, 4) is 0 Å². The van der Waals surface area contributed by atoms with Gasteiger partial charge in [0.25, 0.3) is 0 Å². The van der Waals surface area contributed by atoms with Gasteiger partial charge in [0.2, 0.25) is 0 Å². The van der Waals surface area contributed by atoms with Crippen molar-refractivity contribution >= 4 is 5.96 Å². The summed E-state index contributed by atoms with van der Waals surface area (Å²) in [6.45, 7) is 1.47. The molecule has 1 aromatic carbocycles. The number of hydrogen-bond acceptors (Lipinski definition) is 4. The molecule has 0 spiro atoms. The number of benzene rings is 1. The lowest BCUT2D eigenvalue weighted by molar-refractivity contribution is 0.340. The lowest BCUT2D eigenvalue weighted by Gasteiger charge is -2.26. The molecule has 2 aromatic rings. The summed E-state index contributed by atoms with van der Waals surface area (Å²) >= 11 is 0. The fraction of sp³-hybridized carbons (Fsp3) is 0.200. The van der Waals surface area contributed by atoms with Crippen LogP contribution in [0.25, 0.3) is 0 Å². The first kappa shape index (κ1) is 11.7. The summed E-state index contributed by atoms with van der Waals surface area (Å²) in [7, 11) is 0. The third-order valence-electron chi connectivity index (χ3n) is 3.36. The van der Waals surface area contributed by atoms with E-state index in [-0.39, 0.29) is 6.04 Å². The quantitative estimate of drug-likeness (QED) is 0.908. The van der Waals surface area contributed by atoms with Crippen molar-refractivity contribution in [2.45, 2.75) is 12.6 Å². The molecule has 0 bridgehead atoms. The van der Waals surface area contributed by atoms with Crippen molar-refractivity contribution in [1.29, 1.82) is 0 Å². The standard InChI is InChI=1S/C15H16N4/c16-15-18-10-14(13-7-4-8-17-9-13)19(15)11-12-5-2-1-3-6-12/h1-9,14H,10-11H2,(H2,16,18). The largest absolute Gasteiger partial charge is 0.370 e. The molecule has 4 heteroatoms. The first-order valence-electron chi connectivity index (χ1n) is 6.35. The Morgan fingerprint density at radius 1 is 1.16 bits per heavy atom. The van der Waals surface area contributed by atoms with Crippen molar-refractivity contribution < 1.29 is 0 Å². The highest BCUT2D eigenvalue weighted by Gasteiger charge is 2.27. The van der Waals surface area contributed by atoms with E-state index in [1.807, 2.05) is 30.5 Å². The molecule has 0 aliphatic carbocycles. The van der Waals surface area contributed by atoms with E-state index in [2.05, 4.69) is 33.1 Å². The molecular weight excluding hydrogens is 236 g/mol. The second-order valence-corrected chi connectivity index (χ2v) is 4.61. The van der Waals surface area contributed by atoms with Gasteiger partial charge in [0.15, 0.2) is 5.96 Å². The molecule has 0 saturated carbocycles. The van der Waals surface area contributed by atoms with E-state index in [9.17, 15) is 0 Å². The zero-order valence-electron chi connectivity index (χ0n) is 10.6. The summed E-state index contributed by atoms with van der Waals surface area (Å²) < 4.78 is 0. The Bertz CT molecular complexity index is 565. The van der Waals surface area contributed by atoms with E-state index in [0.29, 0.717) is 12.5 Å². The monoisotopic (exact) mass is 252 g/mol. The van der Waals surface area contributed by atoms with Crippen LogP contribution in [0, 0.1) is 0 Å². The van der Waals surface area contributed by atoms with Crippen molar-refractivity contribution in [1.82, 2.24) is 9.88 Å². The van der Waals surface area contributed by atoms with E-state index in [4.69, 9.17) is 5.73 Å². The van der Waals surface area contributed by atoms with Crippen LogP contribution in [0.2, 0.25) is 0 Å². The Hall–Kier alpha value is -2.36. The molecule has 1 aliphatic heterocycles. The van der Waals surface area contributed by atoms with Crippen molar-refractivity contribution in [2.75, 3.05) is 6.54 Å². The number of guanidine groups is 1. The maximum absolute atomic E-state index is 6.01. The molecule has 0 amide bonds. The number of nitrogens with two attached hydrogens (primary N) is 1. The van der Waals surface area contributed by atoms with Gasteiger partial charge in [-0.2, -0.15) is 0 Å². The molecule has 1 aliphatic rings. The number of aromatic nitrogens is 1. The van der Waals surface area contributed by atoms with E-state index in [1.165, 1.54) is 5.56 Å². The number of hydrogen-bond donors (Lipinski definition) is 1. The van der Waals surface area contributed by atoms with Crippen LogP contribution in [-0.2, 0) is 6.54 Å². The Kier molecular flexibility index (Phi) is 3.14. The van der Waals surface area contributed by atoms with E-state index >= 15 is 0 Å². The summed E-state index contributed by atoms with van der Waals surface area (Å²) in [5.41, 5.74) is 8.40. The van der Waals surface area contributed by atoms with E-state index in [1.54, 1.807) is 6.20 Å². The highest BCUT2D eigenvalue weighted by atomic mass is 15.3. The number of nitrogens with zero attached hydrogens (tertiary/aromatic N) is 3. The minimum atomic E-state index is 0.189. The van der Waals surface area contributed by atoms with Crippen molar-refractivity contribution in [2.24, 2.45) is 10.7 Å². The molecule has 0 fully saturated rings. The molecule has 1 atom stereocenters. The molecular formula is C15H16N4. The third-order valence-corrected chi connectivity index (χ3v) is 3.36. The molecule has 1 unspecified atom stereocenters. The molecule has 2 N–H and O–H groups in total. The molecule has 19 heavy (non-hydrogen) atoms. The molecule has 2 heterocycles. The van der Waals surface area contributed by atoms with Crippen molar-refractivity contribution in [3.63, 3.8) is 0 Å². The van der Waals surface area contributed by atoms with Gasteiger partial charge in [0.1, 0.15) is 0 Å². The maximum atomic E-state index is 6.01. The molecule has 0 saturated heterocycles. The SMILES string of the molecule is NC1=NCC(c2cccnc2)N1Cc1ccccc1. The van der Waals surface area contributed by atoms with Gasteiger partial charge in [-0.05, 0) is 17.2 Å². The van der Waals surface area contributed by atoms with Gasteiger partial charge in [0, 0.05) is 18.9 Å².